The molecule has 7 rings (SSSR count). The molecule has 0 bridgehead atoms. The lowest BCUT2D eigenvalue weighted by molar-refractivity contribution is -0.268. The van der Waals surface area contributed by atoms with E-state index in [1.54, 1.807) is 0 Å². The second-order valence-corrected chi connectivity index (χ2v) is 15.9. The minimum Gasteiger partial charge on any atom is -0.431 e. The van der Waals surface area contributed by atoms with Gasteiger partial charge in [0.1, 0.15) is 5.69 Å². The van der Waals surface area contributed by atoms with Gasteiger partial charge in [-0.25, -0.2) is 4.98 Å². The molecule has 2 amide bonds. The van der Waals surface area contributed by atoms with Crippen LogP contribution in [0.1, 0.15) is 74.2 Å². The predicted molar refractivity (Wildman–Crippen MR) is 232 cm³/mol. The van der Waals surface area contributed by atoms with E-state index < -0.39 is 6.29 Å². The largest absolute Gasteiger partial charge is 0.431 e. The minimum absolute atomic E-state index is 0.00609. The Kier molecular flexibility index (Phi) is 14.4. The number of benzene rings is 5. The number of hydrogen-bond donors (Lipinski definition) is 3. The Balaban J connectivity index is 1.04. The molecule has 304 valence electrons. The molecule has 6 aromatic rings. The maximum atomic E-state index is 12.5. The fourth-order valence-corrected chi connectivity index (χ4v) is 8.22. The molecule has 10 heteroatoms. The number of nitrogens with one attached hydrogen (secondary N) is 2. The lowest BCUT2D eigenvalue weighted by Gasteiger charge is -2.41. The van der Waals surface area contributed by atoms with E-state index in [4.69, 9.17) is 18.9 Å². The fourth-order valence-electron chi connectivity index (χ4n) is 7.24. The van der Waals surface area contributed by atoms with E-state index in [0.29, 0.717) is 30.5 Å². The number of aliphatic hydroxyl groups is 1. The molecule has 2 heterocycles. The number of oxazole rings is 1. The van der Waals surface area contributed by atoms with Gasteiger partial charge in [0.2, 0.25) is 11.8 Å². The first-order valence-electron chi connectivity index (χ1n) is 20.3. The first-order chi connectivity index (χ1) is 28.8. The zero-order valence-electron chi connectivity index (χ0n) is 33.5. The van der Waals surface area contributed by atoms with Gasteiger partial charge in [0.05, 0.1) is 18.8 Å². The first kappa shape index (κ1) is 41.6. The predicted octanol–water partition coefficient (Wildman–Crippen LogP) is 10.1. The molecule has 0 aliphatic carbocycles. The van der Waals surface area contributed by atoms with Crippen molar-refractivity contribution in [1.82, 2.24) is 15.6 Å². The van der Waals surface area contributed by atoms with E-state index in [1.165, 1.54) is 18.7 Å². The van der Waals surface area contributed by atoms with Gasteiger partial charge < -0.3 is 29.6 Å². The zero-order chi connectivity index (χ0) is 41.0. The van der Waals surface area contributed by atoms with Crippen molar-refractivity contribution in [3.8, 4) is 33.7 Å². The number of amides is 2. The molecule has 4 atom stereocenters. The quantitative estimate of drug-likeness (QED) is 0.0615. The molecule has 0 unspecified atom stereocenters. The molecule has 1 saturated heterocycles. The van der Waals surface area contributed by atoms with Crippen molar-refractivity contribution in [3.05, 3.63) is 156 Å². The van der Waals surface area contributed by atoms with Crippen molar-refractivity contribution in [1.29, 1.82) is 0 Å². The highest BCUT2D eigenvalue weighted by Gasteiger charge is 2.38. The third-order valence-electron chi connectivity index (χ3n) is 10.6. The van der Waals surface area contributed by atoms with E-state index in [0.717, 1.165) is 75.2 Å². The van der Waals surface area contributed by atoms with E-state index in [-0.39, 0.29) is 36.5 Å². The molecular weight excluding hydrogens is 759 g/mol. The molecule has 0 spiro atoms. The fraction of sp³-hybridized carbons (Fsp3) is 0.286. The smallest absolute Gasteiger partial charge is 0.256 e. The second kappa shape index (κ2) is 20.4. The normalized spacial score (nSPS) is 17.7. The zero-order valence-corrected chi connectivity index (χ0v) is 34.3. The Morgan fingerprint density at radius 3 is 2.12 bits per heavy atom. The lowest BCUT2D eigenvalue weighted by atomic mass is 9.91. The average molecular weight is 810 g/mol. The minimum atomic E-state index is -0.621. The number of thioether (sulfide) groups is 1. The summed E-state index contributed by atoms with van der Waals surface area (Å²) in [7, 11) is 0. The highest BCUT2D eigenvalue weighted by Crippen LogP contribution is 2.44. The first-order valence-corrected chi connectivity index (χ1v) is 21.3. The molecule has 1 aliphatic heterocycles. The van der Waals surface area contributed by atoms with Crippen molar-refractivity contribution in [2.24, 2.45) is 5.92 Å². The van der Waals surface area contributed by atoms with Crippen LogP contribution in [0.25, 0.3) is 33.7 Å². The van der Waals surface area contributed by atoms with Gasteiger partial charge in [-0.05, 0) is 46.7 Å². The summed E-state index contributed by atoms with van der Waals surface area (Å²) >= 11 is 1.54. The van der Waals surface area contributed by atoms with Gasteiger partial charge in [-0.2, -0.15) is 0 Å². The van der Waals surface area contributed by atoms with Crippen LogP contribution in [0.2, 0.25) is 0 Å². The van der Waals surface area contributed by atoms with Crippen molar-refractivity contribution >= 4 is 23.6 Å². The Morgan fingerprint density at radius 1 is 0.712 bits per heavy atom. The third-order valence-corrected chi connectivity index (χ3v) is 11.5. The number of aromatic nitrogens is 1. The van der Waals surface area contributed by atoms with Crippen molar-refractivity contribution in [2.45, 2.75) is 76.4 Å². The number of unbranched alkanes of at least 4 members (excludes halogenated alkanes) is 2. The number of ether oxygens (including phenoxy) is 2. The van der Waals surface area contributed by atoms with Crippen LogP contribution in [0.4, 0.5) is 0 Å². The number of carbonyl (C=O) groups is 2. The molecule has 9 nitrogen and oxygen atoms in total. The third kappa shape index (κ3) is 11.2. The SMILES string of the molecule is CC(=O)NCCCCCC(=O)NCc1cccc(-c2ccc([C@@H]3O[C@H](CSc4nc(-c5ccccc5)c(-c5ccccc5)o4)[C@H](C)[C@H](c4ccc(CO)cc4)O3)cc2)c1. The Morgan fingerprint density at radius 2 is 1.41 bits per heavy atom. The molecule has 0 radical (unpaired) electrons. The van der Waals surface area contributed by atoms with Gasteiger partial charge >= 0.3 is 0 Å². The summed E-state index contributed by atoms with van der Waals surface area (Å²) in [5, 5.41) is 16.1. The summed E-state index contributed by atoms with van der Waals surface area (Å²) in [4.78, 5) is 28.5. The van der Waals surface area contributed by atoms with Crippen LogP contribution in [0.15, 0.2) is 143 Å². The van der Waals surface area contributed by atoms with Crippen LogP contribution in [-0.4, -0.2) is 40.3 Å². The molecule has 1 aliphatic rings. The number of nitrogens with zero attached hydrogens (tertiary/aromatic N) is 1. The standard InChI is InChI=1S/C49H51N3O6S/c1-33-43(32-59-49-52-45(38-14-6-3-7-15-38)47(58-49)39-16-8-4-9-17-39)56-48(57-46(33)40-22-20-35(31-53)21-23-40)41-26-24-37(25-27-41)42-18-12-13-36(29-42)30-51-44(55)19-10-5-11-28-50-34(2)54/h3-4,6-9,12-18,20-27,29,33,43,46,48,53H,5,10-11,19,28,30-32H2,1-2H3,(H,50,54)(H,51,55)/t33-,43+,46+,48+/m0/s1. The van der Waals surface area contributed by atoms with Crippen LogP contribution in [-0.2, 0) is 32.2 Å². The highest BCUT2D eigenvalue weighted by molar-refractivity contribution is 7.99. The van der Waals surface area contributed by atoms with E-state index >= 15 is 0 Å². The highest BCUT2D eigenvalue weighted by atomic mass is 32.2. The van der Waals surface area contributed by atoms with E-state index in [2.05, 4.69) is 54.0 Å². The van der Waals surface area contributed by atoms with E-state index in [1.807, 2.05) is 97.1 Å². The van der Waals surface area contributed by atoms with Crippen LogP contribution in [0.5, 0.6) is 0 Å². The monoisotopic (exact) mass is 809 g/mol. The summed E-state index contributed by atoms with van der Waals surface area (Å²) in [5.41, 5.74) is 8.64. The van der Waals surface area contributed by atoms with Gasteiger partial charge in [0.15, 0.2) is 12.1 Å². The Bertz CT molecular complexity index is 2210. The summed E-state index contributed by atoms with van der Waals surface area (Å²) in [5.74, 6) is 1.31. The topological polar surface area (TPSA) is 123 Å². The molecule has 59 heavy (non-hydrogen) atoms. The summed E-state index contributed by atoms with van der Waals surface area (Å²) in [6.45, 7) is 4.74. The number of hydrogen-bond acceptors (Lipinski definition) is 8. The second-order valence-electron chi connectivity index (χ2n) is 14.9. The van der Waals surface area contributed by atoms with Crippen LogP contribution < -0.4 is 10.6 Å². The number of carbonyl (C=O) groups excluding carboxylic acids is 2. The van der Waals surface area contributed by atoms with Crippen LogP contribution >= 0.6 is 11.8 Å². The Hall–Kier alpha value is -5.52. The van der Waals surface area contributed by atoms with Crippen LogP contribution in [0, 0.1) is 5.92 Å². The van der Waals surface area contributed by atoms with Crippen LogP contribution in [0.3, 0.4) is 0 Å². The van der Waals surface area contributed by atoms with Gasteiger partial charge in [0.25, 0.3) is 5.22 Å². The van der Waals surface area contributed by atoms with Gasteiger partial charge in [-0.15, -0.1) is 0 Å². The molecule has 3 N–H and O–H groups in total. The Labute approximate surface area is 350 Å². The van der Waals surface area contributed by atoms with E-state index in [9.17, 15) is 14.7 Å². The van der Waals surface area contributed by atoms with Gasteiger partial charge in [-0.3, -0.25) is 9.59 Å². The van der Waals surface area contributed by atoms with Crippen molar-refractivity contribution in [3.63, 3.8) is 0 Å². The molecule has 1 fully saturated rings. The molecule has 0 saturated carbocycles. The molecule has 5 aromatic carbocycles. The molecule has 1 aromatic heterocycles. The molecular formula is C49H51N3O6S. The van der Waals surface area contributed by atoms with Gasteiger partial charge in [0, 0.05) is 54.8 Å². The van der Waals surface area contributed by atoms with Crippen molar-refractivity contribution < 1.29 is 28.6 Å². The van der Waals surface area contributed by atoms with Crippen molar-refractivity contribution in [2.75, 3.05) is 12.3 Å². The average Bonchev–Trinajstić information content (AvgIpc) is 3.72. The number of aliphatic hydroxyl groups excluding tert-OH is 1. The van der Waals surface area contributed by atoms with Gasteiger partial charge in [-0.1, -0.05) is 153 Å². The summed E-state index contributed by atoms with van der Waals surface area (Å²) in [6, 6.07) is 44.6. The summed E-state index contributed by atoms with van der Waals surface area (Å²) in [6.07, 6.45) is 1.92. The maximum Gasteiger partial charge on any atom is 0.256 e. The number of rotatable bonds is 17. The maximum absolute atomic E-state index is 12.5. The lowest BCUT2D eigenvalue weighted by Crippen LogP contribution is -2.38. The summed E-state index contributed by atoms with van der Waals surface area (Å²) < 4.78 is 20.0.